The Balaban J connectivity index is 3.02. The van der Waals surface area contributed by atoms with Gasteiger partial charge in [-0.2, -0.15) is 5.10 Å². The maximum absolute atomic E-state index is 10.8. The summed E-state index contributed by atoms with van der Waals surface area (Å²) >= 11 is 0. The van der Waals surface area contributed by atoms with E-state index in [1.165, 1.54) is 4.68 Å². The van der Waals surface area contributed by atoms with Gasteiger partial charge < -0.3 is 5.73 Å². The maximum atomic E-state index is 10.8. The zero-order chi connectivity index (χ0) is 9.30. The van der Waals surface area contributed by atoms with E-state index in [-0.39, 0.29) is 0 Å². The van der Waals surface area contributed by atoms with Crippen molar-refractivity contribution in [2.45, 2.75) is 26.8 Å². The third kappa shape index (κ3) is 1.44. The van der Waals surface area contributed by atoms with Crippen LogP contribution >= 0.6 is 0 Å². The summed E-state index contributed by atoms with van der Waals surface area (Å²) in [5.41, 5.74) is 5.12. The molecule has 0 radical (unpaired) electrons. The molecule has 1 aromatic rings. The Bertz CT molecular complexity index is 304. The average molecular weight is 168 g/mol. The molecule has 1 heterocycles. The van der Waals surface area contributed by atoms with Crippen LogP contribution in [-0.2, 0) is 4.79 Å². The topological polar surface area (TPSA) is 73.8 Å². The van der Waals surface area contributed by atoms with E-state index in [2.05, 4.69) is 10.1 Å². The first kappa shape index (κ1) is 8.70. The third-order valence-corrected chi connectivity index (χ3v) is 1.69. The van der Waals surface area contributed by atoms with Gasteiger partial charge in [-0.05, 0) is 20.8 Å². The maximum Gasteiger partial charge on any atom is 0.242 e. The van der Waals surface area contributed by atoms with Gasteiger partial charge in [-0.15, -0.1) is 0 Å². The van der Waals surface area contributed by atoms with Gasteiger partial charge in [0.25, 0.3) is 0 Å². The number of hydrogen-bond donors (Lipinski definition) is 1. The number of carbonyl (C=O) groups excluding carboxylic acids is 1. The molecule has 12 heavy (non-hydrogen) atoms. The van der Waals surface area contributed by atoms with E-state index in [1.54, 1.807) is 20.8 Å². The number of rotatable bonds is 2. The summed E-state index contributed by atoms with van der Waals surface area (Å²) in [5, 5.41) is 4.04. The van der Waals surface area contributed by atoms with Gasteiger partial charge in [0.05, 0.1) is 0 Å². The van der Waals surface area contributed by atoms with Crippen molar-refractivity contribution in [1.82, 2.24) is 14.8 Å². The van der Waals surface area contributed by atoms with E-state index >= 15 is 0 Å². The lowest BCUT2D eigenvalue weighted by atomic mass is 10.3. The van der Waals surface area contributed by atoms with Crippen molar-refractivity contribution in [1.29, 1.82) is 0 Å². The van der Waals surface area contributed by atoms with Crippen LogP contribution in [-0.4, -0.2) is 20.7 Å². The second-order valence-electron chi connectivity index (χ2n) is 2.73. The van der Waals surface area contributed by atoms with Gasteiger partial charge in [0, 0.05) is 0 Å². The molecule has 1 unspecified atom stereocenters. The molecule has 0 bridgehead atoms. The van der Waals surface area contributed by atoms with E-state index in [0.29, 0.717) is 11.6 Å². The van der Waals surface area contributed by atoms with E-state index in [0.717, 1.165) is 0 Å². The average Bonchev–Trinajstić information content (AvgIpc) is 2.28. The highest BCUT2D eigenvalue weighted by atomic mass is 16.1. The van der Waals surface area contributed by atoms with Crippen LogP contribution in [0.5, 0.6) is 0 Å². The smallest absolute Gasteiger partial charge is 0.242 e. The lowest BCUT2D eigenvalue weighted by Crippen LogP contribution is -2.25. The van der Waals surface area contributed by atoms with Crippen molar-refractivity contribution < 1.29 is 4.79 Å². The van der Waals surface area contributed by atoms with Crippen LogP contribution in [0.25, 0.3) is 0 Å². The molecule has 0 saturated heterocycles. The summed E-state index contributed by atoms with van der Waals surface area (Å²) < 4.78 is 1.53. The molecule has 0 aliphatic heterocycles. The molecule has 1 aromatic heterocycles. The number of aryl methyl sites for hydroxylation is 2. The van der Waals surface area contributed by atoms with Gasteiger partial charge in [0.2, 0.25) is 5.91 Å². The minimum Gasteiger partial charge on any atom is -0.368 e. The van der Waals surface area contributed by atoms with Crippen molar-refractivity contribution in [2.75, 3.05) is 0 Å². The van der Waals surface area contributed by atoms with Crippen LogP contribution in [0.2, 0.25) is 0 Å². The number of carbonyl (C=O) groups is 1. The van der Waals surface area contributed by atoms with Crippen LogP contribution in [0.1, 0.15) is 24.6 Å². The Labute approximate surface area is 70.6 Å². The number of amides is 1. The zero-order valence-corrected chi connectivity index (χ0v) is 7.40. The van der Waals surface area contributed by atoms with E-state index in [1.807, 2.05) is 0 Å². The molecular formula is C7H12N4O. The van der Waals surface area contributed by atoms with Crippen LogP contribution in [0, 0.1) is 13.8 Å². The van der Waals surface area contributed by atoms with E-state index in [9.17, 15) is 4.79 Å². The standard InChI is InChI=1S/C7H12N4O/c1-4(7(8)12)11-6(3)9-5(2)10-11/h4H,1-3H3,(H2,8,12). The van der Waals surface area contributed by atoms with Gasteiger partial charge in [0.15, 0.2) is 0 Å². The second kappa shape index (κ2) is 2.92. The Hall–Kier alpha value is -1.39. The minimum atomic E-state index is -0.425. The zero-order valence-electron chi connectivity index (χ0n) is 7.40. The van der Waals surface area contributed by atoms with E-state index < -0.39 is 11.9 Å². The summed E-state index contributed by atoms with van der Waals surface area (Å²) in [7, 11) is 0. The van der Waals surface area contributed by atoms with Gasteiger partial charge in [-0.25, -0.2) is 9.67 Å². The molecular weight excluding hydrogens is 156 g/mol. The molecule has 0 spiro atoms. The fourth-order valence-corrected chi connectivity index (χ4v) is 1.02. The largest absolute Gasteiger partial charge is 0.368 e. The molecule has 1 rings (SSSR count). The Kier molecular flexibility index (Phi) is 2.12. The molecule has 0 aromatic carbocycles. The van der Waals surface area contributed by atoms with Crippen molar-refractivity contribution in [3.05, 3.63) is 11.6 Å². The third-order valence-electron chi connectivity index (χ3n) is 1.69. The van der Waals surface area contributed by atoms with Gasteiger partial charge >= 0.3 is 0 Å². The number of aromatic nitrogens is 3. The summed E-state index contributed by atoms with van der Waals surface area (Å²) in [6.07, 6.45) is 0. The van der Waals surface area contributed by atoms with Crippen molar-refractivity contribution in [3.8, 4) is 0 Å². The number of nitrogens with two attached hydrogens (primary N) is 1. The first-order valence-electron chi connectivity index (χ1n) is 3.71. The molecule has 5 heteroatoms. The van der Waals surface area contributed by atoms with Crippen LogP contribution in [0.3, 0.4) is 0 Å². The minimum absolute atomic E-state index is 0.400. The van der Waals surface area contributed by atoms with Crippen molar-refractivity contribution in [2.24, 2.45) is 5.73 Å². The highest BCUT2D eigenvalue weighted by molar-refractivity contribution is 5.77. The summed E-state index contributed by atoms with van der Waals surface area (Å²) in [6, 6.07) is -0.425. The molecule has 0 fully saturated rings. The SMILES string of the molecule is Cc1nc(C)n(C(C)C(N)=O)n1. The van der Waals surface area contributed by atoms with Gasteiger partial charge in [-0.1, -0.05) is 0 Å². The van der Waals surface area contributed by atoms with Crippen LogP contribution < -0.4 is 5.73 Å². The summed E-state index contributed by atoms with van der Waals surface area (Å²) in [5.74, 6) is 0.961. The lowest BCUT2D eigenvalue weighted by molar-refractivity contribution is -0.121. The molecule has 5 nitrogen and oxygen atoms in total. The number of hydrogen-bond acceptors (Lipinski definition) is 3. The predicted octanol–water partition coefficient (Wildman–Crippen LogP) is -0.0588. The molecule has 2 N–H and O–H groups in total. The van der Waals surface area contributed by atoms with Gasteiger partial charge in [0.1, 0.15) is 17.7 Å². The monoisotopic (exact) mass is 168 g/mol. The quantitative estimate of drug-likeness (QED) is 0.672. The Morgan fingerprint density at radius 1 is 1.58 bits per heavy atom. The number of nitrogens with zero attached hydrogens (tertiary/aromatic N) is 3. The van der Waals surface area contributed by atoms with Crippen molar-refractivity contribution >= 4 is 5.91 Å². The van der Waals surface area contributed by atoms with Crippen LogP contribution in [0.15, 0.2) is 0 Å². The Morgan fingerprint density at radius 3 is 2.50 bits per heavy atom. The highest BCUT2D eigenvalue weighted by Gasteiger charge is 2.14. The molecule has 0 aliphatic rings. The summed E-state index contributed by atoms with van der Waals surface area (Å²) in [6.45, 7) is 5.26. The first-order valence-corrected chi connectivity index (χ1v) is 3.71. The fraction of sp³-hybridized carbons (Fsp3) is 0.571. The van der Waals surface area contributed by atoms with Gasteiger partial charge in [-0.3, -0.25) is 4.79 Å². The van der Waals surface area contributed by atoms with Crippen LogP contribution in [0.4, 0.5) is 0 Å². The first-order chi connectivity index (χ1) is 5.52. The lowest BCUT2D eigenvalue weighted by Gasteiger charge is -2.07. The second-order valence-corrected chi connectivity index (χ2v) is 2.73. The molecule has 66 valence electrons. The molecule has 1 atom stereocenters. The van der Waals surface area contributed by atoms with Crippen molar-refractivity contribution in [3.63, 3.8) is 0 Å². The normalized spacial score (nSPS) is 12.9. The predicted molar refractivity (Wildman–Crippen MR) is 43.4 cm³/mol. The Morgan fingerprint density at radius 2 is 2.17 bits per heavy atom. The fourth-order valence-electron chi connectivity index (χ4n) is 1.02. The molecule has 0 saturated carbocycles. The summed E-state index contributed by atoms with van der Waals surface area (Å²) in [4.78, 5) is 14.9. The molecule has 1 amide bonds. The van der Waals surface area contributed by atoms with E-state index in [4.69, 9.17) is 5.73 Å². The highest BCUT2D eigenvalue weighted by Crippen LogP contribution is 2.05. The number of primary amides is 1. The molecule has 0 aliphatic carbocycles.